The number of rotatable bonds is 7. The summed E-state index contributed by atoms with van der Waals surface area (Å²) in [7, 11) is 0. The molecule has 0 aliphatic carbocycles. The molecule has 0 spiro atoms. The van der Waals surface area contributed by atoms with E-state index in [0.717, 1.165) is 29.5 Å². The van der Waals surface area contributed by atoms with Crippen LogP contribution >= 0.6 is 12.4 Å². The third-order valence-corrected chi connectivity index (χ3v) is 7.12. The molecule has 0 amide bonds. The van der Waals surface area contributed by atoms with Crippen LogP contribution in [-0.2, 0) is 10.8 Å². The number of benzene rings is 2. The number of carbonyl (C=O) groups excluding carboxylic acids is 1. The van der Waals surface area contributed by atoms with Gasteiger partial charge < -0.3 is 15.1 Å². The van der Waals surface area contributed by atoms with Gasteiger partial charge in [0, 0.05) is 29.2 Å². The van der Waals surface area contributed by atoms with Gasteiger partial charge in [-0.25, -0.2) is 4.79 Å². The number of aromatic hydroxyl groups is 1. The minimum Gasteiger partial charge on any atom is -0.507 e. The second kappa shape index (κ2) is 11.3. The number of amidine groups is 1. The fraction of sp³-hybridized carbons (Fsp3) is 0.500. The molecule has 1 aliphatic heterocycles. The normalized spacial score (nSPS) is 18.0. The fourth-order valence-electron chi connectivity index (χ4n) is 5.15. The molecule has 37 heavy (non-hydrogen) atoms. The molecule has 2 aromatic rings. The van der Waals surface area contributed by atoms with Crippen LogP contribution in [0, 0.1) is 11.3 Å². The Balaban J connectivity index is 0.00000481. The Morgan fingerprint density at radius 3 is 1.92 bits per heavy atom. The molecule has 1 saturated heterocycles. The molecule has 2 atom stereocenters. The number of nitrogens with one attached hydrogen (secondary N) is 1. The number of carbonyl (C=O) groups is 2. The van der Waals surface area contributed by atoms with Crippen molar-refractivity contribution in [2.75, 3.05) is 13.1 Å². The van der Waals surface area contributed by atoms with Gasteiger partial charge in [-0.1, -0.05) is 67.0 Å². The number of carboxylic acids is 1. The second-order valence-corrected chi connectivity index (χ2v) is 12.1. The van der Waals surface area contributed by atoms with E-state index in [-0.39, 0.29) is 58.7 Å². The highest BCUT2D eigenvalue weighted by atomic mass is 35.5. The van der Waals surface area contributed by atoms with Gasteiger partial charge >= 0.3 is 5.97 Å². The highest BCUT2D eigenvalue weighted by molar-refractivity contribution is 6.01. The van der Waals surface area contributed by atoms with Crippen molar-refractivity contribution in [2.45, 2.75) is 78.1 Å². The van der Waals surface area contributed by atoms with E-state index in [2.05, 4.69) is 6.92 Å². The molecule has 0 bridgehead atoms. The smallest absolute Gasteiger partial charge is 0.335 e. The molecule has 0 radical (unpaired) electrons. The number of halogens is 1. The summed E-state index contributed by atoms with van der Waals surface area (Å²) in [5.74, 6) is -0.396. The molecule has 1 fully saturated rings. The van der Waals surface area contributed by atoms with Crippen LogP contribution in [0.1, 0.15) is 105 Å². The number of nitrogens with zero attached hydrogens (tertiary/aromatic N) is 1. The largest absolute Gasteiger partial charge is 0.507 e. The summed E-state index contributed by atoms with van der Waals surface area (Å²) in [5, 5.41) is 29.2. The van der Waals surface area contributed by atoms with E-state index in [4.69, 9.17) is 5.41 Å². The number of likely N-dealkylation sites (tertiary alicyclic amines) is 1. The lowest BCUT2D eigenvalue weighted by molar-refractivity contribution is 0.0696. The number of ketones is 1. The maximum atomic E-state index is 13.6. The Bertz CT molecular complexity index is 1120. The summed E-state index contributed by atoms with van der Waals surface area (Å²) in [4.78, 5) is 26.7. The van der Waals surface area contributed by atoms with Gasteiger partial charge in [0.15, 0.2) is 5.78 Å². The molecular formula is C30H41ClN2O4. The molecule has 6 nitrogen and oxygen atoms in total. The highest BCUT2D eigenvalue weighted by Gasteiger charge is 2.39. The van der Waals surface area contributed by atoms with E-state index in [1.165, 1.54) is 0 Å². The van der Waals surface area contributed by atoms with Gasteiger partial charge in [0.1, 0.15) is 11.6 Å². The highest BCUT2D eigenvalue weighted by Crippen LogP contribution is 2.41. The first-order valence-electron chi connectivity index (χ1n) is 12.7. The molecule has 7 heteroatoms. The number of hydrogen-bond acceptors (Lipinski definition) is 4. The maximum Gasteiger partial charge on any atom is 0.335 e. The average Bonchev–Trinajstić information content (AvgIpc) is 3.07. The summed E-state index contributed by atoms with van der Waals surface area (Å²) in [6.45, 7) is 15.0. The van der Waals surface area contributed by atoms with Crippen LogP contribution < -0.4 is 0 Å². The van der Waals surface area contributed by atoms with Crippen LogP contribution in [0.5, 0.6) is 5.75 Å². The summed E-state index contributed by atoms with van der Waals surface area (Å²) in [6, 6.07) is 10.4. The quantitative estimate of drug-likeness (QED) is 0.344. The first kappa shape index (κ1) is 30.4. The Labute approximate surface area is 227 Å². The molecule has 0 unspecified atom stereocenters. The predicted octanol–water partition coefficient (Wildman–Crippen LogP) is 6.78. The lowest BCUT2D eigenvalue weighted by atomic mass is 9.78. The lowest BCUT2D eigenvalue weighted by Gasteiger charge is -2.28. The van der Waals surface area contributed by atoms with E-state index in [0.29, 0.717) is 17.9 Å². The van der Waals surface area contributed by atoms with E-state index in [1.807, 2.05) is 46.4 Å². The van der Waals surface area contributed by atoms with E-state index < -0.39 is 5.97 Å². The van der Waals surface area contributed by atoms with Gasteiger partial charge in [-0.3, -0.25) is 10.2 Å². The van der Waals surface area contributed by atoms with Crippen LogP contribution in [0.15, 0.2) is 36.4 Å². The zero-order chi connectivity index (χ0) is 27.0. The number of hydrogen-bond donors (Lipinski definition) is 3. The Kier molecular flexibility index (Phi) is 9.24. The van der Waals surface area contributed by atoms with Gasteiger partial charge in [0.25, 0.3) is 0 Å². The minimum absolute atomic E-state index is 0. The molecule has 0 aromatic heterocycles. The summed E-state index contributed by atoms with van der Waals surface area (Å²) < 4.78 is 0. The van der Waals surface area contributed by atoms with E-state index in [9.17, 15) is 19.8 Å². The van der Waals surface area contributed by atoms with Crippen molar-refractivity contribution in [3.05, 3.63) is 64.2 Å². The molecular weight excluding hydrogens is 488 g/mol. The Morgan fingerprint density at radius 2 is 1.49 bits per heavy atom. The third kappa shape index (κ3) is 6.53. The van der Waals surface area contributed by atoms with Crippen molar-refractivity contribution in [3.8, 4) is 5.75 Å². The molecule has 3 N–H and O–H groups in total. The molecule has 3 rings (SSSR count). The van der Waals surface area contributed by atoms with Crippen molar-refractivity contribution in [1.29, 1.82) is 5.41 Å². The van der Waals surface area contributed by atoms with Gasteiger partial charge in [-0.15, -0.1) is 12.4 Å². The van der Waals surface area contributed by atoms with Crippen molar-refractivity contribution in [1.82, 2.24) is 4.90 Å². The third-order valence-electron chi connectivity index (χ3n) is 7.12. The average molecular weight is 529 g/mol. The first-order chi connectivity index (χ1) is 16.6. The SMILES string of the molecule is CCC[C@H]1CN(CC(=O)c2cc(C(C)(C)C)c(O)c(C(C)(C)C)c2)C(=N)[C@@H]1c1ccc(C(=O)O)cc1.Cl. The number of phenolic OH excluding ortho intramolecular Hbond substituents is 1. The second-order valence-electron chi connectivity index (χ2n) is 12.1. The Morgan fingerprint density at radius 1 is 0.973 bits per heavy atom. The number of aromatic carboxylic acids is 1. The van der Waals surface area contributed by atoms with Crippen LogP contribution in [0.2, 0.25) is 0 Å². The van der Waals surface area contributed by atoms with Crippen molar-refractivity contribution in [2.24, 2.45) is 5.92 Å². The van der Waals surface area contributed by atoms with Crippen LogP contribution in [0.25, 0.3) is 0 Å². The zero-order valence-electron chi connectivity index (χ0n) is 23.0. The van der Waals surface area contributed by atoms with Gasteiger partial charge in [0.05, 0.1) is 12.1 Å². The fourth-order valence-corrected chi connectivity index (χ4v) is 5.15. The Hall–Kier alpha value is -2.86. The van der Waals surface area contributed by atoms with Gasteiger partial charge in [-0.2, -0.15) is 0 Å². The standard InChI is InChI=1S/C30H40N2O4.ClH/c1-8-9-20-16-32(27(31)25(20)18-10-12-19(13-11-18)28(35)36)17-24(33)21-14-22(29(2,3)4)26(34)23(15-21)30(5,6)7;/h10-15,20,25,31,34H,8-9,16-17H2,1-7H3,(H,35,36);1H/t20-,25+;/m0./s1. The van der Waals surface area contributed by atoms with E-state index in [1.54, 1.807) is 36.4 Å². The molecule has 0 saturated carbocycles. The number of carboxylic acid groups (broad SMARTS) is 1. The summed E-state index contributed by atoms with van der Waals surface area (Å²) in [5.41, 5.74) is 2.51. The van der Waals surface area contributed by atoms with Gasteiger partial charge in [-0.05, 0) is 53.0 Å². The molecule has 1 aliphatic rings. The molecule has 1 heterocycles. The lowest BCUT2D eigenvalue weighted by Crippen LogP contribution is -2.32. The monoisotopic (exact) mass is 528 g/mol. The van der Waals surface area contributed by atoms with Crippen LogP contribution in [-0.4, -0.2) is 45.8 Å². The van der Waals surface area contributed by atoms with E-state index >= 15 is 0 Å². The molecule has 202 valence electrons. The summed E-state index contributed by atoms with van der Waals surface area (Å²) in [6.07, 6.45) is 1.88. The topological polar surface area (TPSA) is 102 Å². The van der Waals surface area contributed by atoms with Crippen LogP contribution in [0.3, 0.4) is 0 Å². The predicted molar refractivity (Wildman–Crippen MR) is 151 cm³/mol. The van der Waals surface area contributed by atoms with Crippen LogP contribution in [0.4, 0.5) is 0 Å². The minimum atomic E-state index is -0.974. The zero-order valence-corrected chi connectivity index (χ0v) is 23.8. The van der Waals surface area contributed by atoms with Crippen molar-refractivity contribution >= 4 is 30.0 Å². The number of Topliss-reactive ketones (excluding diaryl/α,β-unsaturated/α-hetero) is 1. The van der Waals surface area contributed by atoms with Crippen molar-refractivity contribution < 1.29 is 19.8 Å². The molecule has 2 aromatic carbocycles. The van der Waals surface area contributed by atoms with Gasteiger partial charge in [0.2, 0.25) is 0 Å². The number of phenols is 1. The summed E-state index contributed by atoms with van der Waals surface area (Å²) >= 11 is 0. The first-order valence-corrected chi connectivity index (χ1v) is 12.7. The van der Waals surface area contributed by atoms with Crippen molar-refractivity contribution in [3.63, 3.8) is 0 Å². The maximum absolute atomic E-state index is 13.6.